The number of ketones is 1. The Balaban J connectivity index is 2.82. The van der Waals surface area contributed by atoms with E-state index in [-0.39, 0.29) is 5.78 Å². The molecule has 1 aliphatic carbocycles. The Morgan fingerprint density at radius 3 is 2.75 bits per heavy atom. The molecule has 0 aromatic carbocycles. The first-order valence-corrected chi connectivity index (χ1v) is 4.60. The highest BCUT2D eigenvalue weighted by atomic mass is 35.5. The second-order valence-corrected chi connectivity index (χ2v) is 4.24. The number of hydrogen-bond donors (Lipinski definition) is 0. The van der Waals surface area contributed by atoms with Gasteiger partial charge in [0.05, 0.1) is 0 Å². The predicted octanol–water partition coefficient (Wildman–Crippen LogP) is 3.03. The van der Waals surface area contributed by atoms with E-state index in [2.05, 4.69) is 0 Å². The molecule has 0 radical (unpaired) electrons. The Morgan fingerprint density at radius 2 is 2.25 bits per heavy atom. The van der Waals surface area contributed by atoms with E-state index in [0.717, 1.165) is 5.57 Å². The topological polar surface area (TPSA) is 17.1 Å². The summed E-state index contributed by atoms with van der Waals surface area (Å²) in [6, 6.07) is 0. The van der Waals surface area contributed by atoms with Crippen molar-refractivity contribution in [3.8, 4) is 0 Å². The summed E-state index contributed by atoms with van der Waals surface area (Å²) in [7, 11) is 0. The van der Waals surface area contributed by atoms with Gasteiger partial charge in [0.1, 0.15) is 4.33 Å². The maximum Gasteiger partial charge on any atom is 0.159 e. The minimum atomic E-state index is -0.875. The van der Waals surface area contributed by atoms with Crippen LogP contribution < -0.4 is 0 Å². The van der Waals surface area contributed by atoms with Crippen molar-refractivity contribution in [3.63, 3.8) is 0 Å². The monoisotopic (exact) mass is 204 g/mol. The SMILES string of the molecule is CCC(Cl)(Cl)C1=CC=CC(=O)C1. The van der Waals surface area contributed by atoms with E-state index in [1.807, 2.05) is 13.0 Å². The van der Waals surface area contributed by atoms with Crippen LogP contribution >= 0.6 is 23.2 Å². The molecule has 0 fully saturated rings. The lowest BCUT2D eigenvalue weighted by Gasteiger charge is -2.21. The molecule has 0 N–H and O–H groups in total. The molecule has 0 amide bonds. The number of allylic oxidation sites excluding steroid dienone is 4. The minimum absolute atomic E-state index is 0.0617. The van der Waals surface area contributed by atoms with E-state index in [1.165, 1.54) is 6.08 Å². The number of halogens is 2. The first-order chi connectivity index (χ1) is 5.56. The van der Waals surface area contributed by atoms with Gasteiger partial charge in [-0.05, 0) is 18.1 Å². The maximum absolute atomic E-state index is 11.0. The van der Waals surface area contributed by atoms with E-state index in [4.69, 9.17) is 23.2 Å². The first kappa shape index (κ1) is 9.82. The zero-order chi connectivity index (χ0) is 9.19. The van der Waals surface area contributed by atoms with Crippen molar-refractivity contribution in [1.82, 2.24) is 0 Å². The van der Waals surface area contributed by atoms with Crippen molar-refractivity contribution >= 4 is 29.0 Å². The van der Waals surface area contributed by atoms with Crippen molar-refractivity contribution in [2.45, 2.75) is 24.1 Å². The molecule has 0 aromatic rings. The smallest absolute Gasteiger partial charge is 0.159 e. The summed E-state index contributed by atoms with van der Waals surface area (Å²) < 4.78 is -0.875. The molecule has 1 rings (SSSR count). The lowest BCUT2D eigenvalue weighted by molar-refractivity contribution is -0.114. The molecule has 0 unspecified atom stereocenters. The van der Waals surface area contributed by atoms with Crippen LogP contribution in [0.3, 0.4) is 0 Å². The van der Waals surface area contributed by atoms with E-state index < -0.39 is 4.33 Å². The van der Waals surface area contributed by atoms with Gasteiger partial charge in [-0.3, -0.25) is 4.79 Å². The van der Waals surface area contributed by atoms with Crippen LogP contribution in [0.25, 0.3) is 0 Å². The van der Waals surface area contributed by atoms with Crippen LogP contribution in [-0.2, 0) is 4.79 Å². The third-order valence-electron chi connectivity index (χ3n) is 1.86. The zero-order valence-corrected chi connectivity index (χ0v) is 8.32. The van der Waals surface area contributed by atoms with Crippen LogP contribution in [0.2, 0.25) is 0 Å². The maximum atomic E-state index is 11.0. The third kappa shape index (κ3) is 2.11. The van der Waals surface area contributed by atoms with Crippen LogP contribution in [0.15, 0.2) is 23.8 Å². The molecule has 1 aliphatic rings. The molecular formula is C9H10Cl2O. The minimum Gasteiger partial charge on any atom is -0.294 e. The van der Waals surface area contributed by atoms with Crippen molar-refractivity contribution in [1.29, 1.82) is 0 Å². The summed E-state index contributed by atoms with van der Waals surface area (Å²) in [6.07, 6.45) is 5.99. The normalized spacial score (nSPS) is 17.9. The van der Waals surface area contributed by atoms with Gasteiger partial charge < -0.3 is 0 Å². The molecule has 1 nitrogen and oxygen atoms in total. The predicted molar refractivity (Wildman–Crippen MR) is 51.6 cm³/mol. The second-order valence-electron chi connectivity index (χ2n) is 2.75. The fraction of sp³-hybridized carbons (Fsp3) is 0.444. The van der Waals surface area contributed by atoms with E-state index in [9.17, 15) is 4.79 Å². The number of carbonyl (C=O) groups is 1. The Hall–Kier alpha value is -0.270. The van der Waals surface area contributed by atoms with E-state index in [1.54, 1.807) is 6.08 Å². The molecule has 3 heteroatoms. The number of carbonyl (C=O) groups excluding carboxylic acids is 1. The quantitative estimate of drug-likeness (QED) is 0.633. The third-order valence-corrected chi connectivity index (χ3v) is 2.88. The van der Waals surface area contributed by atoms with Crippen LogP contribution in [0.1, 0.15) is 19.8 Å². The van der Waals surface area contributed by atoms with Gasteiger partial charge in [-0.25, -0.2) is 0 Å². The van der Waals surface area contributed by atoms with E-state index >= 15 is 0 Å². The Bertz CT molecular complexity index is 251. The van der Waals surface area contributed by atoms with Gasteiger partial charge in [0.15, 0.2) is 5.78 Å². The van der Waals surface area contributed by atoms with Gasteiger partial charge in [-0.1, -0.05) is 42.3 Å². The number of hydrogen-bond acceptors (Lipinski definition) is 1. The molecule has 0 heterocycles. The Morgan fingerprint density at radius 1 is 1.58 bits per heavy atom. The first-order valence-electron chi connectivity index (χ1n) is 3.84. The summed E-state index contributed by atoms with van der Waals surface area (Å²) in [6.45, 7) is 1.89. The standard InChI is InChI=1S/C9H10Cl2O/c1-2-9(10,11)7-4-3-5-8(12)6-7/h3-5H,2,6H2,1H3. The highest BCUT2D eigenvalue weighted by molar-refractivity contribution is 6.50. The summed E-state index contributed by atoms with van der Waals surface area (Å²) in [5.41, 5.74) is 0.792. The van der Waals surface area contributed by atoms with Crippen molar-refractivity contribution in [3.05, 3.63) is 23.8 Å². The van der Waals surface area contributed by atoms with Gasteiger partial charge >= 0.3 is 0 Å². The largest absolute Gasteiger partial charge is 0.294 e. The number of alkyl halides is 2. The van der Waals surface area contributed by atoms with Gasteiger partial charge in [-0.2, -0.15) is 0 Å². The molecule has 0 aliphatic heterocycles. The lowest BCUT2D eigenvalue weighted by Crippen LogP contribution is -2.18. The van der Waals surface area contributed by atoms with Crippen LogP contribution in [0.4, 0.5) is 0 Å². The molecule has 0 atom stereocenters. The summed E-state index contributed by atoms with van der Waals surface area (Å²) in [5, 5.41) is 0. The second kappa shape index (κ2) is 3.63. The van der Waals surface area contributed by atoms with Gasteiger partial charge in [0.25, 0.3) is 0 Å². The molecule has 0 saturated heterocycles. The molecule has 0 saturated carbocycles. The van der Waals surface area contributed by atoms with Gasteiger partial charge in [0, 0.05) is 6.42 Å². The van der Waals surface area contributed by atoms with Gasteiger partial charge in [0.2, 0.25) is 0 Å². The summed E-state index contributed by atoms with van der Waals surface area (Å²) in [4.78, 5) is 11.0. The van der Waals surface area contributed by atoms with Crippen molar-refractivity contribution in [2.24, 2.45) is 0 Å². The average molecular weight is 205 g/mol. The van der Waals surface area contributed by atoms with Crippen LogP contribution in [-0.4, -0.2) is 10.1 Å². The van der Waals surface area contributed by atoms with Crippen molar-refractivity contribution in [2.75, 3.05) is 0 Å². The van der Waals surface area contributed by atoms with E-state index in [0.29, 0.717) is 12.8 Å². The fourth-order valence-electron chi connectivity index (χ4n) is 1.06. The highest BCUT2D eigenvalue weighted by Crippen LogP contribution is 2.36. The molecular weight excluding hydrogens is 195 g/mol. The summed E-state index contributed by atoms with van der Waals surface area (Å²) >= 11 is 12.0. The molecule has 0 spiro atoms. The average Bonchev–Trinajstić information content (AvgIpc) is 2.05. The van der Waals surface area contributed by atoms with Crippen molar-refractivity contribution < 1.29 is 4.79 Å². The Labute approximate surface area is 82.0 Å². The van der Waals surface area contributed by atoms with Crippen LogP contribution in [0, 0.1) is 0 Å². The zero-order valence-electron chi connectivity index (χ0n) is 6.81. The molecule has 66 valence electrons. The molecule has 0 bridgehead atoms. The van der Waals surface area contributed by atoms with Gasteiger partial charge in [-0.15, -0.1) is 0 Å². The Kier molecular flexibility index (Phi) is 2.97. The fourth-order valence-corrected chi connectivity index (χ4v) is 1.32. The highest BCUT2D eigenvalue weighted by Gasteiger charge is 2.28. The molecule has 0 aromatic heterocycles. The summed E-state index contributed by atoms with van der Waals surface area (Å²) in [5.74, 6) is 0.0617. The van der Waals surface area contributed by atoms with Crippen LogP contribution in [0.5, 0.6) is 0 Å². The lowest BCUT2D eigenvalue weighted by atomic mass is 9.99. The molecule has 12 heavy (non-hydrogen) atoms. The number of rotatable bonds is 2.